The van der Waals surface area contributed by atoms with Gasteiger partial charge in [-0.05, 0) is 24.5 Å². The number of anilines is 1. The van der Waals surface area contributed by atoms with Crippen molar-refractivity contribution in [3.8, 4) is 0 Å². The molecule has 0 radical (unpaired) electrons. The van der Waals surface area contributed by atoms with Crippen LogP contribution in [0.3, 0.4) is 0 Å². The first kappa shape index (κ1) is 12.9. The van der Waals surface area contributed by atoms with Crippen LogP contribution in [0.25, 0.3) is 0 Å². The maximum Gasteiger partial charge on any atom is 0.126 e. The van der Waals surface area contributed by atoms with Crippen molar-refractivity contribution < 1.29 is 0 Å². The third kappa shape index (κ3) is 4.14. The predicted octanol–water partition coefficient (Wildman–Crippen LogP) is 2.48. The van der Waals surface area contributed by atoms with Crippen molar-refractivity contribution in [1.29, 1.82) is 0 Å². The van der Waals surface area contributed by atoms with Gasteiger partial charge in [0.2, 0.25) is 0 Å². The molecule has 0 saturated carbocycles. The Bertz CT molecular complexity index is 394. The van der Waals surface area contributed by atoms with Crippen LogP contribution in [0.1, 0.15) is 32.0 Å². The van der Waals surface area contributed by atoms with Crippen LogP contribution in [0.15, 0.2) is 12.1 Å². The molecule has 0 amide bonds. The lowest BCUT2D eigenvalue weighted by Crippen LogP contribution is -2.20. The van der Waals surface area contributed by atoms with Crippen molar-refractivity contribution in [2.75, 3.05) is 11.9 Å². The minimum atomic E-state index is 0.217. The molecule has 0 aromatic carbocycles. The van der Waals surface area contributed by atoms with Crippen molar-refractivity contribution in [2.45, 2.75) is 27.7 Å². The molecule has 4 heteroatoms. The Morgan fingerprint density at radius 1 is 1.44 bits per heavy atom. The summed E-state index contributed by atoms with van der Waals surface area (Å²) in [4.78, 5) is 4.80. The van der Waals surface area contributed by atoms with Crippen molar-refractivity contribution in [2.24, 2.45) is 11.1 Å². The molecule has 1 heterocycles. The van der Waals surface area contributed by atoms with E-state index >= 15 is 0 Å². The topological polar surface area (TPSA) is 50.9 Å². The zero-order valence-electron chi connectivity index (χ0n) is 10.3. The second kappa shape index (κ2) is 4.78. The van der Waals surface area contributed by atoms with E-state index < -0.39 is 0 Å². The highest BCUT2D eigenvalue weighted by atomic mass is 32.1. The molecule has 3 N–H and O–H groups in total. The van der Waals surface area contributed by atoms with Gasteiger partial charge in [-0.1, -0.05) is 33.0 Å². The number of nitrogens with two attached hydrogens (primary N) is 1. The molecule has 88 valence electrons. The maximum atomic E-state index is 5.61. The van der Waals surface area contributed by atoms with E-state index in [4.69, 9.17) is 18.0 Å². The second-order valence-electron chi connectivity index (χ2n) is 5.16. The van der Waals surface area contributed by atoms with E-state index in [9.17, 15) is 0 Å². The minimum Gasteiger partial charge on any atom is -0.389 e. The average Bonchev–Trinajstić information content (AvgIpc) is 2.13. The summed E-state index contributed by atoms with van der Waals surface area (Å²) in [6.07, 6.45) is 0. The smallest absolute Gasteiger partial charge is 0.126 e. The van der Waals surface area contributed by atoms with E-state index in [0.29, 0.717) is 4.99 Å². The number of rotatable bonds is 3. The van der Waals surface area contributed by atoms with Gasteiger partial charge in [0.1, 0.15) is 10.8 Å². The number of hydrogen-bond donors (Lipinski definition) is 2. The Morgan fingerprint density at radius 2 is 2.06 bits per heavy atom. The van der Waals surface area contributed by atoms with Gasteiger partial charge in [-0.2, -0.15) is 0 Å². The van der Waals surface area contributed by atoms with E-state index in [-0.39, 0.29) is 5.41 Å². The number of aromatic nitrogens is 1. The van der Waals surface area contributed by atoms with Gasteiger partial charge >= 0.3 is 0 Å². The largest absolute Gasteiger partial charge is 0.389 e. The number of nitrogens with one attached hydrogen (secondary N) is 1. The highest BCUT2D eigenvalue weighted by Gasteiger charge is 2.10. The SMILES string of the molecule is Cc1cc(C(N)=S)cc(NCC(C)(C)C)n1. The summed E-state index contributed by atoms with van der Waals surface area (Å²) in [5.74, 6) is 0.831. The standard InChI is InChI=1S/C12H19N3S/c1-8-5-9(11(13)16)6-10(15-8)14-7-12(2,3)4/h5-6H,7H2,1-4H3,(H2,13,16)(H,14,15). The first-order chi connectivity index (χ1) is 7.28. The Morgan fingerprint density at radius 3 is 2.56 bits per heavy atom. The van der Waals surface area contributed by atoms with Crippen LogP contribution in [0, 0.1) is 12.3 Å². The fraction of sp³-hybridized carbons (Fsp3) is 0.500. The lowest BCUT2D eigenvalue weighted by atomic mass is 9.97. The summed E-state index contributed by atoms with van der Waals surface area (Å²) in [6, 6.07) is 3.78. The Labute approximate surface area is 102 Å². The lowest BCUT2D eigenvalue weighted by Gasteiger charge is -2.19. The molecule has 3 nitrogen and oxygen atoms in total. The molecule has 1 aromatic heterocycles. The minimum absolute atomic E-state index is 0.217. The van der Waals surface area contributed by atoms with Gasteiger partial charge in [-0.15, -0.1) is 0 Å². The fourth-order valence-corrected chi connectivity index (χ4v) is 1.37. The van der Waals surface area contributed by atoms with Crippen LogP contribution in [0.2, 0.25) is 0 Å². The van der Waals surface area contributed by atoms with Gasteiger partial charge in [0.25, 0.3) is 0 Å². The summed E-state index contributed by atoms with van der Waals surface area (Å²) < 4.78 is 0. The van der Waals surface area contributed by atoms with Gasteiger partial charge < -0.3 is 11.1 Å². The second-order valence-corrected chi connectivity index (χ2v) is 5.60. The maximum absolute atomic E-state index is 5.61. The molecule has 0 aliphatic heterocycles. The average molecular weight is 237 g/mol. The van der Waals surface area contributed by atoms with Crippen LogP contribution in [-0.4, -0.2) is 16.5 Å². The first-order valence-corrected chi connectivity index (χ1v) is 5.71. The van der Waals surface area contributed by atoms with Gasteiger partial charge in [-0.3, -0.25) is 0 Å². The van der Waals surface area contributed by atoms with Crippen LogP contribution in [0.5, 0.6) is 0 Å². The molecular formula is C12H19N3S. The monoisotopic (exact) mass is 237 g/mol. The molecule has 0 unspecified atom stereocenters. The summed E-state index contributed by atoms with van der Waals surface area (Å²) in [6.45, 7) is 9.31. The fourth-order valence-electron chi connectivity index (χ4n) is 1.26. The zero-order valence-corrected chi connectivity index (χ0v) is 11.1. The number of pyridine rings is 1. The van der Waals surface area contributed by atoms with Crippen LogP contribution in [0.4, 0.5) is 5.82 Å². The third-order valence-electron chi connectivity index (χ3n) is 2.04. The van der Waals surface area contributed by atoms with Crippen LogP contribution >= 0.6 is 12.2 Å². The number of hydrogen-bond acceptors (Lipinski definition) is 3. The lowest BCUT2D eigenvalue weighted by molar-refractivity contribution is 0.442. The van der Waals surface area contributed by atoms with Crippen molar-refractivity contribution >= 4 is 23.0 Å². The first-order valence-electron chi connectivity index (χ1n) is 5.30. The van der Waals surface area contributed by atoms with Crippen molar-refractivity contribution in [3.05, 3.63) is 23.4 Å². The van der Waals surface area contributed by atoms with E-state index in [0.717, 1.165) is 23.6 Å². The number of nitrogens with zero attached hydrogens (tertiary/aromatic N) is 1. The zero-order chi connectivity index (χ0) is 12.3. The van der Waals surface area contributed by atoms with E-state index in [1.165, 1.54) is 0 Å². The molecule has 1 rings (SSSR count). The summed E-state index contributed by atoms with van der Waals surface area (Å²) in [5.41, 5.74) is 7.60. The van der Waals surface area contributed by atoms with Crippen LogP contribution < -0.4 is 11.1 Å². The quantitative estimate of drug-likeness (QED) is 0.793. The molecule has 0 saturated heterocycles. The molecule has 0 aliphatic carbocycles. The number of thiocarbonyl (C=S) groups is 1. The molecule has 0 spiro atoms. The van der Waals surface area contributed by atoms with Gasteiger partial charge in [0, 0.05) is 17.8 Å². The van der Waals surface area contributed by atoms with Crippen LogP contribution in [-0.2, 0) is 0 Å². The van der Waals surface area contributed by atoms with Crippen molar-refractivity contribution in [3.63, 3.8) is 0 Å². The Hall–Kier alpha value is -1.16. The Kier molecular flexibility index (Phi) is 3.86. The molecule has 0 fully saturated rings. The molecule has 0 bridgehead atoms. The van der Waals surface area contributed by atoms with Gasteiger partial charge in [-0.25, -0.2) is 4.98 Å². The molecule has 0 atom stereocenters. The molecular weight excluding hydrogens is 218 g/mol. The van der Waals surface area contributed by atoms with E-state index in [1.807, 2.05) is 19.1 Å². The molecule has 16 heavy (non-hydrogen) atoms. The number of aryl methyl sites for hydroxylation is 1. The van der Waals surface area contributed by atoms with Gasteiger partial charge in [0.15, 0.2) is 0 Å². The van der Waals surface area contributed by atoms with Crippen molar-refractivity contribution in [1.82, 2.24) is 4.98 Å². The third-order valence-corrected chi connectivity index (χ3v) is 2.27. The van der Waals surface area contributed by atoms with E-state index in [1.54, 1.807) is 0 Å². The normalized spacial score (nSPS) is 11.2. The van der Waals surface area contributed by atoms with Gasteiger partial charge in [0.05, 0.1) is 0 Å². The highest BCUT2D eigenvalue weighted by molar-refractivity contribution is 7.80. The Balaban J connectivity index is 2.85. The summed E-state index contributed by atoms with van der Waals surface area (Å²) >= 11 is 4.96. The van der Waals surface area contributed by atoms with E-state index in [2.05, 4.69) is 31.1 Å². The highest BCUT2D eigenvalue weighted by Crippen LogP contribution is 2.15. The molecule has 0 aliphatic rings. The molecule has 1 aromatic rings. The predicted molar refractivity (Wildman–Crippen MR) is 72.8 cm³/mol. The summed E-state index contributed by atoms with van der Waals surface area (Å²) in [5, 5.41) is 3.29. The summed E-state index contributed by atoms with van der Waals surface area (Å²) in [7, 11) is 0.